The molecule has 0 unspecified atom stereocenters. The molecule has 2 aromatic carbocycles. The van der Waals surface area contributed by atoms with Gasteiger partial charge in [0, 0.05) is 18.6 Å². The predicted molar refractivity (Wildman–Crippen MR) is 106 cm³/mol. The zero-order valence-electron chi connectivity index (χ0n) is 16.9. The average molecular weight is 466 g/mol. The van der Waals surface area contributed by atoms with Crippen molar-refractivity contribution in [3.63, 3.8) is 0 Å². The second-order valence-corrected chi connectivity index (χ2v) is 7.85. The van der Waals surface area contributed by atoms with Crippen molar-refractivity contribution in [2.24, 2.45) is 0 Å². The Bertz CT molecular complexity index is 1070. The molecule has 2 aliphatic heterocycles. The number of Topliss-reactive ketones (excluding diaryl/α,β-unsaturated/α-hetero) is 1. The van der Waals surface area contributed by atoms with E-state index in [4.69, 9.17) is 14.2 Å². The molecule has 2 aromatic rings. The number of phenols is 3. The lowest BCUT2D eigenvalue weighted by Crippen LogP contribution is -2.60. The molecule has 33 heavy (non-hydrogen) atoms. The average Bonchev–Trinajstić information content (AvgIpc) is 3.00. The maximum absolute atomic E-state index is 13.1. The molecule has 2 aliphatic rings. The summed E-state index contributed by atoms with van der Waals surface area (Å²) in [5, 5.41) is 79.4. The highest BCUT2D eigenvalue weighted by molar-refractivity contribution is 6.09. The van der Waals surface area contributed by atoms with Gasteiger partial charge in [0.25, 0.3) is 5.79 Å². The van der Waals surface area contributed by atoms with Crippen LogP contribution in [-0.2, 0) is 11.2 Å². The van der Waals surface area contributed by atoms with Crippen LogP contribution in [0.25, 0.3) is 0 Å². The zero-order chi connectivity index (χ0) is 24.1. The fraction of sp³-hybridized carbons (Fsp3) is 0.381. The number of aliphatic hydroxyl groups is 5. The maximum Gasteiger partial charge on any atom is 0.277 e. The van der Waals surface area contributed by atoms with E-state index < -0.39 is 72.6 Å². The van der Waals surface area contributed by atoms with Crippen molar-refractivity contribution in [1.29, 1.82) is 0 Å². The Balaban J connectivity index is 1.63. The van der Waals surface area contributed by atoms with Crippen molar-refractivity contribution in [2.75, 3.05) is 6.61 Å². The molecule has 0 radical (unpaired) electrons. The van der Waals surface area contributed by atoms with E-state index in [1.807, 2.05) is 0 Å². The summed E-state index contributed by atoms with van der Waals surface area (Å²) in [7, 11) is 0. The molecule has 1 saturated heterocycles. The number of rotatable bonds is 5. The Hall–Kier alpha value is -3.13. The number of aromatic hydroxyl groups is 3. The number of ether oxygens (including phenoxy) is 3. The van der Waals surface area contributed by atoms with Gasteiger partial charge in [0.2, 0.25) is 12.1 Å². The molecule has 4 rings (SSSR count). The first kappa shape index (κ1) is 23.0. The van der Waals surface area contributed by atoms with Crippen molar-refractivity contribution in [2.45, 2.75) is 42.9 Å². The van der Waals surface area contributed by atoms with Crippen LogP contribution in [-0.4, -0.2) is 89.7 Å². The minimum absolute atomic E-state index is 0.245. The highest BCUT2D eigenvalue weighted by atomic mass is 16.7. The lowest BCUT2D eigenvalue weighted by Gasteiger charge is -2.39. The summed E-state index contributed by atoms with van der Waals surface area (Å²) in [6.07, 6.45) is -8.51. The highest BCUT2D eigenvalue weighted by Crippen LogP contribution is 2.44. The Morgan fingerprint density at radius 3 is 2.36 bits per heavy atom. The van der Waals surface area contributed by atoms with E-state index in [0.717, 1.165) is 18.2 Å². The normalized spacial score (nSPS) is 31.2. The summed E-state index contributed by atoms with van der Waals surface area (Å²) in [4.78, 5) is 13.1. The number of carbonyl (C=O) groups excluding carboxylic acids is 1. The molecular formula is C21H22O12. The van der Waals surface area contributed by atoms with Crippen LogP contribution in [0.1, 0.15) is 15.9 Å². The van der Waals surface area contributed by atoms with Gasteiger partial charge in [0.15, 0.2) is 11.5 Å². The zero-order valence-corrected chi connectivity index (χ0v) is 16.9. The van der Waals surface area contributed by atoms with Gasteiger partial charge >= 0.3 is 0 Å². The molecule has 0 amide bonds. The maximum atomic E-state index is 13.1. The molecule has 8 N–H and O–H groups in total. The number of benzene rings is 2. The molecule has 0 spiro atoms. The summed E-state index contributed by atoms with van der Waals surface area (Å²) >= 11 is 0. The first-order valence-corrected chi connectivity index (χ1v) is 9.85. The minimum Gasteiger partial charge on any atom is -0.508 e. The smallest absolute Gasteiger partial charge is 0.277 e. The van der Waals surface area contributed by atoms with E-state index in [-0.39, 0.29) is 22.6 Å². The molecule has 0 bridgehead atoms. The summed E-state index contributed by atoms with van der Waals surface area (Å²) in [5.41, 5.74) is -0.0511. The van der Waals surface area contributed by atoms with Gasteiger partial charge in [0.05, 0.1) is 6.61 Å². The van der Waals surface area contributed by atoms with Gasteiger partial charge in [0.1, 0.15) is 47.2 Å². The fourth-order valence-electron chi connectivity index (χ4n) is 3.76. The van der Waals surface area contributed by atoms with E-state index in [2.05, 4.69) is 0 Å². The summed E-state index contributed by atoms with van der Waals surface area (Å²) in [5.74, 6) is -5.31. The van der Waals surface area contributed by atoms with Crippen molar-refractivity contribution < 1.29 is 59.9 Å². The number of aliphatic hydroxyl groups excluding tert-OH is 4. The molecule has 6 atom stereocenters. The third-order valence-electron chi connectivity index (χ3n) is 5.49. The standard InChI is InChI=1S/C21H22O12/c22-7-14-16(26)17(27)18(28)20(32-14)31-12-4-9(23)5-13-15(12)19(29)21(30,33-13)6-8-1-2-10(24)11(25)3-8/h1-5,14,16-18,20,22-28,30H,6-7H2/t14-,16-,17+,18-,20-,21-/m1/s1. The fourth-order valence-corrected chi connectivity index (χ4v) is 3.76. The van der Waals surface area contributed by atoms with Crippen LogP contribution in [0.3, 0.4) is 0 Å². The largest absolute Gasteiger partial charge is 0.508 e. The number of hydrogen-bond donors (Lipinski definition) is 8. The first-order chi connectivity index (χ1) is 15.5. The van der Waals surface area contributed by atoms with Gasteiger partial charge in [-0.1, -0.05) is 6.07 Å². The van der Waals surface area contributed by atoms with Gasteiger partial charge < -0.3 is 55.1 Å². The van der Waals surface area contributed by atoms with E-state index >= 15 is 0 Å². The molecule has 12 heteroatoms. The lowest BCUT2D eigenvalue weighted by atomic mass is 9.97. The molecule has 0 aliphatic carbocycles. The Labute approximate surface area is 186 Å². The van der Waals surface area contributed by atoms with Gasteiger partial charge in [-0.2, -0.15) is 0 Å². The van der Waals surface area contributed by atoms with Crippen molar-refractivity contribution in [3.05, 3.63) is 41.5 Å². The SMILES string of the molecule is O=C1c2c(O[C@@H]3O[C@H](CO)[C@@H](O)[C@H](O)[C@H]3O)cc(O)cc2O[C@]1(O)Cc1ccc(O)c(O)c1. The summed E-state index contributed by atoms with van der Waals surface area (Å²) in [6.45, 7) is -0.704. The second kappa shape index (κ2) is 8.33. The van der Waals surface area contributed by atoms with Gasteiger partial charge in [-0.15, -0.1) is 0 Å². The number of phenolic OH excluding ortho intramolecular Hbond substituents is 3. The Morgan fingerprint density at radius 2 is 1.70 bits per heavy atom. The molecule has 1 fully saturated rings. The molecule has 12 nitrogen and oxygen atoms in total. The van der Waals surface area contributed by atoms with Gasteiger partial charge in [-0.3, -0.25) is 4.79 Å². The van der Waals surface area contributed by atoms with Crippen molar-refractivity contribution in [1.82, 2.24) is 0 Å². The van der Waals surface area contributed by atoms with Gasteiger partial charge in [-0.25, -0.2) is 0 Å². The number of carbonyl (C=O) groups is 1. The summed E-state index contributed by atoms with van der Waals surface area (Å²) in [6, 6.07) is 5.71. The molecule has 0 aromatic heterocycles. The topological polar surface area (TPSA) is 207 Å². The third kappa shape index (κ3) is 4.04. The van der Waals surface area contributed by atoms with Crippen LogP contribution in [0.15, 0.2) is 30.3 Å². The van der Waals surface area contributed by atoms with Crippen LogP contribution < -0.4 is 9.47 Å². The first-order valence-electron chi connectivity index (χ1n) is 9.85. The third-order valence-corrected chi connectivity index (χ3v) is 5.49. The Kier molecular flexibility index (Phi) is 5.82. The van der Waals surface area contributed by atoms with Gasteiger partial charge in [-0.05, 0) is 17.7 Å². The van der Waals surface area contributed by atoms with Crippen LogP contribution >= 0.6 is 0 Å². The van der Waals surface area contributed by atoms with Crippen LogP contribution in [0, 0.1) is 0 Å². The van der Waals surface area contributed by atoms with Crippen LogP contribution in [0.2, 0.25) is 0 Å². The Morgan fingerprint density at radius 1 is 0.970 bits per heavy atom. The van der Waals surface area contributed by atoms with Crippen molar-refractivity contribution >= 4 is 5.78 Å². The van der Waals surface area contributed by atoms with Crippen LogP contribution in [0.5, 0.6) is 28.7 Å². The number of hydrogen-bond acceptors (Lipinski definition) is 12. The highest BCUT2D eigenvalue weighted by Gasteiger charge is 2.50. The van der Waals surface area contributed by atoms with E-state index in [1.54, 1.807) is 0 Å². The van der Waals surface area contributed by atoms with E-state index in [9.17, 15) is 45.6 Å². The molecular weight excluding hydrogens is 444 g/mol. The lowest BCUT2D eigenvalue weighted by molar-refractivity contribution is -0.277. The predicted octanol–water partition coefficient (Wildman–Crippen LogP) is -1.51. The van der Waals surface area contributed by atoms with E-state index in [0.29, 0.717) is 0 Å². The quantitative estimate of drug-likeness (QED) is 0.237. The van der Waals surface area contributed by atoms with E-state index in [1.165, 1.54) is 12.1 Å². The van der Waals surface area contributed by atoms with Crippen LogP contribution in [0.4, 0.5) is 0 Å². The minimum atomic E-state index is -2.45. The van der Waals surface area contributed by atoms with Crippen molar-refractivity contribution in [3.8, 4) is 28.7 Å². The monoisotopic (exact) mass is 466 g/mol. The molecule has 0 saturated carbocycles. The second-order valence-electron chi connectivity index (χ2n) is 7.85. The number of ketones is 1. The molecule has 178 valence electrons. The molecule has 2 heterocycles. The number of fused-ring (bicyclic) bond motifs is 1. The summed E-state index contributed by atoms with van der Waals surface area (Å²) < 4.78 is 16.1.